The van der Waals surface area contributed by atoms with Crippen molar-refractivity contribution in [1.29, 1.82) is 0 Å². The first-order valence-corrected chi connectivity index (χ1v) is 10.6. The van der Waals surface area contributed by atoms with Crippen LogP contribution in [0.25, 0.3) is 0 Å². The first kappa shape index (κ1) is 22.7. The van der Waals surface area contributed by atoms with Gasteiger partial charge in [-0.05, 0) is 70.4 Å². The van der Waals surface area contributed by atoms with Crippen molar-refractivity contribution < 1.29 is 14.6 Å². The van der Waals surface area contributed by atoms with Crippen molar-refractivity contribution in [3.05, 3.63) is 35.9 Å². The first-order valence-electron chi connectivity index (χ1n) is 10.6. The number of nitrogens with zero attached hydrogens (tertiary/aromatic N) is 1. The second-order valence-electron chi connectivity index (χ2n) is 9.17. The number of carbonyl (C=O) groups excluding carboxylic acids is 1. The Morgan fingerprint density at radius 1 is 1.32 bits per heavy atom. The van der Waals surface area contributed by atoms with Crippen LogP contribution in [0, 0.1) is 17.8 Å². The van der Waals surface area contributed by atoms with E-state index >= 15 is 0 Å². The summed E-state index contributed by atoms with van der Waals surface area (Å²) in [6.07, 6.45) is 1.63. The van der Waals surface area contributed by atoms with Crippen LogP contribution in [-0.4, -0.2) is 47.9 Å². The van der Waals surface area contributed by atoms with Gasteiger partial charge in [0.05, 0.1) is 0 Å². The quantitative estimate of drug-likeness (QED) is 0.731. The maximum atomic E-state index is 12.3. The Bertz CT molecular complexity index is 600. The lowest BCUT2D eigenvalue weighted by Crippen LogP contribution is -2.47. The number of piperidine rings is 1. The van der Waals surface area contributed by atoms with E-state index in [1.165, 1.54) is 5.56 Å². The Morgan fingerprint density at radius 2 is 2.00 bits per heavy atom. The maximum absolute atomic E-state index is 12.3. The summed E-state index contributed by atoms with van der Waals surface area (Å²) in [5.41, 5.74) is 0.813. The van der Waals surface area contributed by atoms with E-state index in [0.717, 1.165) is 19.4 Å². The molecule has 1 heterocycles. The topological polar surface area (TPSA) is 61.8 Å². The summed E-state index contributed by atoms with van der Waals surface area (Å²) in [7, 11) is 0. The van der Waals surface area contributed by atoms with Crippen LogP contribution < -0.4 is 5.32 Å². The fourth-order valence-corrected chi connectivity index (χ4v) is 4.14. The average Bonchev–Trinajstić information content (AvgIpc) is 2.65. The van der Waals surface area contributed by atoms with Gasteiger partial charge in [0.15, 0.2) is 0 Å². The Balaban J connectivity index is 1.82. The van der Waals surface area contributed by atoms with Crippen molar-refractivity contribution in [3.63, 3.8) is 0 Å². The van der Waals surface area contributed by atoms with Crippen molar-refractivity contribution in [1.82, 2.24) is 10.2 Å². The normalized spacial score (nSPS) is 22.6. The minimum Gasteiger partial charge on any atom is -0.444 e. The number of rotatable bonds is 7. The van der Waals surface area contributed by atoms with E-state index in [2.05, 4.69) is 43.4 Å². The first-order chi connectivity index (χ1) is 13.2. The molecule has 0 bridgehead atoms. The SMILES string of the molecule is CC(NCCC(CO)C1CCN(C(=O)OC(C)(C)C)CC1C)c1ccccc1. The molecule has 1 aromatic carbocycles. The van der Waals surface area contributed by atoms with Crippen molar-refractivity contribution in [2.24, 2.45) is 17.8 Å². The average molecular weight is 391 g/mol. The number of hydrogen-bond acceptors (Lipinski definition) is 4. The smallest absolute Gasteiger partial charge is 0.410 e. The Morgan fingerprint density at radius 3 is 2.57 bits per heavy atom. The minimum atomic E-state index is -0.466. The van der Waals surface area contributed by atoms with E-state index in [0.29, 0.717) is 31.0 Å². The van der Waals surface area contributed by atoms with E-state index in [4.69, 9.17) is 4.74 Å². The fourth-order valence-electron chi connectivity index (χ4n) is 4.14. The molecule has 1 fully saturated rings. The van der Waals surface area contributed by atoms with E-state index in [-0.39, 0.29) is 18.6 Å². The maximum Gasteiger partial charge on any atom is 0.410 e. The molecule has 1 aromatic rings. The highest BCUT2D eigenvalue weighted by Gasteiger charge is 2.34. The predicted octanol–water partition coefficient (Wildman–Crippen LogP) is 4.23. The molecule has 5 nitrogen and oxygen atoms in total. The summed E-state index contributed by atoms with van der Waals surface area (Å²) >= 11 is 0. The van der Waals surface area contributed by atoms with Gasteiger partial charge in [0, 0.05) is 25.7 Å². The third kappa shape index (κ3) is 6.78. The van der Waals surface area contributed by atoms with Crippen molar-refractivity contribution in [2.75, 3.05) is 26.2 Å². The highest BCUT2D eigenvalue weighted by molar-refractivity contribution is 5.68. The number of benzene rings is 1. The lowest BCUT2D eigenvalue weighted by molar-refractivity contribution is 0.00267. The van der Waals surface area contributed by atoms with Gasteiger partial charge in [-0.2, -0.15) is 0 Å². The molecule has 0 saturated carbocycles. The Hall–Kier alpha value is -1.59. The summed E-state index contributed by atoms with van der Waals surface area (Å²) < 4.78 is 5.51. The molecular weight excluding hydrogens is 352 g/mol. The van der Waals surface area contributed by atoms with Crippen LogP contribution in [-0.2, 0) is 4.74 Å². The van der Waals surface area contributed by atoms with Gasteiger partial charge in [0.2, 0.25) is 0 Å². The monoisotopic (exact) mass is 390 g/mol. The summed E-state index contributed by atoms with van der Waals surface area (Å²) in [5, 5.41) is 13.5. The molecule has 4 unspecified atom stereocenters. The molecule has 4 atom stereocenters. The van der Waals surface area contributed by atoms with E-state index in [9.17, 15) is 9.90 Å². The summed E-state index contributed by atoms with van der Waals surface area (Å²) in [6, 6.07) is 10.7. The molecule has 0 spiro atoms. The number of likely N-dealkylation sites (tertiary alicyclic amines) is 1. The van der Waals surface area contributed by atoms with Gasteiger partial charge >= 0.3 is 6.09 Å². The number of carbonyl (C=O) groups is 1. The lowest BCUT2D eigenvalue weighted by atomic mass is 9.76. The van der Waals surface area contributed by atoms with Gasteiger partial charge in [0.1, 0.15) is 5.60 Å². The number of amides is 1. The van der Waals surface area contributed by atoms with Crippen LogP contribution in [0.1, 0.15) is 59.1 Å². The largest absolute Gasteiger partial charge is 0.444 e. The third-order valence-corrected chi connectivity index (χ3v) is 5.73. The molecule has 1 aliphatic rings. The Kier molecular flexibility index (Phi) is 8.32. The molecule has 1 aliphatic heterocycles. The second-order valence-corrected chi connectivity index (χ2v) is 9.17. The third-order valence-electron chi connectivity index (χ3n) is 5.73. The number of ether oxygens (including phenoxy) is 1. The van der Waals surface area contributed by atoms with Crippen LogP contribution in [0.15, 0.2) is 30.3 Å². The van der Waals surface area contributed by atoms with Gasteiger partial charge in [-0.15, -0.1) is 0 Å². The van der Waals surface area contributed by atoms with E-state index in [1.807, 2.05) is 31.7 Å². The van der Waals surface area contributed by atoms with Gasteiger partial charge in [0.25, 0.3) is 0 Å². The Labute approximate surface area is 170 Å². The fraction of sp³-hybridized carbons (Fsp3) is 0.696. The van der Waals surface area contributed by atoms with Crippen LogP contribution in [0.4, 0.5) is 4.79 Å². The molecule has 5 heteroatoms. The molecule has 1 amide bonds. The minimum absolute atomic E-state index is 0.197. The number of nitrogens with one attached hydrogen (secondary N) is 1. The van der Waals surface area contributed by atoms with Gasteiger partial charge in [-0.25, -0.2) is 4.79 Å². The summed E-state index contributed by atoms with van der Waals surface area (Å²) in [6.45, 7) is 12.5. The number of aliphatic hydroxyl groups is 1. The molecule has 2 N–H and O–H groups in total. The molecular formula is C23H38N2O3. The number of hydrogen-bond donors (Lipinski definition) is 2. The zero-order valence-corrected chi connectivity index (χ0v) is 18.1. The van der Waals surface area contributed by atoms with Gasteiger partial charge in [-0.1, -0.05) is 37.3 Å². The zero-order valence-electron chi connectivity index (χ0n) is 18.1. The molecule has 28 heavy (non-hydrogen) atoms. The highest BCUT2D eigenvalue weighted by atomic mass is 16.6. The van der Waals surface area contributed by atoms with Crippen LogP contribution in [0.3, 0.4) is 0 Å². The summed E-state index contributed by atoms with van der Waals surface area (Å²) in [4.78, 5) is 14.1. The lowest BCUT2D eigenvalue weighted by Gasteiger charge is -2.40. The predicted molar refractivity (Wildman–Crippen MR) is 113 cm³/mol. The molecule has 0 aliphatic carbocycles. The van der Waals surface area contributed by atoms with Crippen molar-refractivity contribution in [3.8, 4) is 0 Å². The van der Waals surface area contributed by atoms with Gasteiger partial charge < -0.3 is 20.1 Å². The van der Waals surface area contributed by atoms with Crippen LogP contribution in [0.5, 0.6) is 0 Å². The van der Waals surface area contributed by atoms with Crippen LogP contribution >= 0.6 is 0 Å². The van der Waals surface area contributed by atoms with Crippen LogP contribution in [0.2, 0.25) is 0 Å². The molecule has 0 aromatic heterocycles. The highest BCUT2D eigenvalue weighted by Crippen LogP contribution is 2.32. The zero-order chi connectivity index (χ0) is 20.7. The van der Waals surface area contributed by atoms with Crippen molar-refractivity contribution in [2.45, 2.75) is 59.1 Å². The van der Waals surface area contributed by atoms with E-state index in [1.54, 1.807) is 0 Å². The number of aliphatic hydroxyl groups excluding tert-OH is 1. The van der Waals surface area contributed by atoms with Crippen molar-refractivity contribution >= 4 is 6.09 Å². The summed E-state index contributed by atoms with van der Waals surface area (Å²) in [5.74, 6) is 1.04. The van der Waals surface area contributed by atoms with Gasteiger partial charge in [-0.3, -0.25) is 0 Å². The van der Waals surface area contributed by atoms with E-state index < -0.39 is 5.60 Å². The molecule has 158 valence electrons. The molecule has 2 rings (SSSR count). The standard InChI is InChI=1S/C23H38N2O3/c1-17-15-25(22(27)28-23(3,4)5)14-12-21(17)20(16-26)11-13-24-18(2)19-9-7-6-8-10-19/h6-10,17-18,20-21,24,26H,11-16H2,1-5H3. The molecule has 1 saturated heterocycles. The second kappa shape index (κ2) is 10.3. The molecule has 0 radical (unpaired) electrons.